The number of morpholine rings is 1. The quantitative estimate of drug-likeness (QED) is 0.894. The number of carbonyl (C=O) groups is 1. The van der Waals surface area contributed by atoms with Crippen LogP contribution in [0.2, 0.25) is 0 Å². The Labute approximate surface area is 125 Å². The van der Waals surface area contributed by atoms with E-state index in [1.54, 1.807) is 0 Å². The SMILES string of the molecule is O=C1CC(CO)CN1c1ccccc1CN1CCOCC1. The Morgan fingerprint density at radius 3 is 2.71 bits per heavy atom. The molecule has 5 nitrogen and oxygen atoms in total. The van der Waals surface area contributed by atoms with Gasteiger partial charge in [-0.1, -0.05) is 18.2 Å². The summed E-state index contributed by atoms with van der Waals surface area (Å²) in [6.45, 7) is 4.95. The van der Waals surface area contributed by atoms with Gasteiger partial charge in [0.1, 0.15) is 0 Å². The van der Waals surface area contributed by atoms with Crippen LogP contribution >= 0.6 is 0 Å². The van der Waals surface area contributed by atoms with Crippen LogP contribution in [0.15, 0.2) is 24.3 Å². The van der Waals surface area contributed by atoms with Gasteiger partial charge in [0.05, 0.1) is 13.2 Å². The van der Waals surface area contributed by atoms with E-state index < -0.39 is 0 Å². The van der Waals surface area contributed by atoms with Gasteiger partial charge in [0.15, 0.2) is 0 Å². The highest BCUT2D eigenvalue weighted by molar-refractivity contribution is 5.96. The third-order valence-corrected chi connectivity index (χ3v) is 4.24. The van der Waals surface area contributed by atoms with Crippen LogP contribution in [-0.2, 0) is 16.1 Å². The Kier molecular flexibility index (Phi) is 4.53. The number of anilines is 1. The number of aliphatic hydroxyl groups excluding tert-OH is 1. The Morgan fingerprint density at radius 1 is 1.24 bits per heavy atom. The monoisotopic (exact) mass is 290 g/mol. The molecule has 114 valence electrons. The number of carbonyl (C=O) groups excluding carboxylic acids is 1. The molecule has 21 heavy (non-hydrogen) atoms. The van der Waals surface area contributed by atoms with Crippen molar-refractivity contribution in [2.24, 2.45) is 5.92 Å². The average Bonchev–Trinajstić information content (AvgIpc) is 2.90. The molecule has 0 spiro atoms. The molecule has 0 saturated carbocycles. The van der Waals surface area contributed by atoms with Gasteiger partial charge < -0.3 is 14.7 Å². The summed E-state index contributed by atoms with van der Waals surface area (Å²) in [5, 5.41) is 9.28. The molecular weight excluding hydrogens is 268 g/mol. The van der Waals surface area contributed by atoms with Crippen molar-refractivity contribution in [2.75, 3.05) is 44.4 Å². The summed E-state index contributed by atoms with van der Waals surface area (Å²) in [5.74, 6) is 0.178. The summed E-state index contributed by atoms with van der Waals surface area (Å²) in [4.78, 5) is 16.4. The van der Waals surface area contributed by atoms with Crippen LogP contribution in [-0.4, -0.2) is 55.4 Å². The number of ether oxygens (including phenoxy) is 1. The molecule has 5 heteroatoms. The van der Waals surface area contributed by atoms with Crippen LogP contribution in [0.25, 0.3) is 0 Å². The first-order valence-corrected chi connectivity index (χ1v) is 7.57. The van der Waals surface area contributed by atoms with Crippen molar-refractivity contribution in [3.05, 3.63) is 29.8 Å². The van der Waals surface area contributed by atoms with Crippen LogP contribution in [0.4, 0.5) is 5.69 Å². The topological polar surface area (TPSA) is 53.0 Å². The van der Waals surface area contributed by atoms with Crippen molar-refractivity contribution in [3.63, 3.8) is 0 Å². The molecule has 2 aliphatic rings. The van der Waals surface area contributed by atoms with Gasteiger partial charge in [-0.25, -0.2) is 0 Å². The van der Waals surface area contributed by atoms with E-state index in [4.69, 9.17) is 4.74 Å². The predicted octanol–water partition coefficient (Wildman–Crippen LogP) is 0.864. The molecule has 0 aromatic heterocycles. The lowest BCUT2D eigenvalue weighted by molar-refractivity contribution is -0.117. The maximum atomic E-state index is 12.2. The van der Waals surface area contributed by atoms with Crippen molar-refractivity contribution in [1.29, 1.82) is 0 Å². The number of nitrogens with zero attached hydrogens (tertiary/aromatic N) is 2. The molecule has 1 atom stereocenters. The molecule has 0 radical (unpaired) electrons. The zero-order chi connectivity index (χ0) is 14.7. The van der Waals surface area contributed by atoms with Gasteiger partial charge in [0.25, 0.3) is 0 Å². The lowest BCUT2D eigenvalue weighted by atomic mass is 10.1. The van der Waals surface area contributed by atoms with E-state index in [0.717, 1.165) is 38.5 Å². The fourth-order valence-corrected chi connectivity index (χ4v) is 3.04. The second-order valence-electron chi connectivity index (χ2n) is 5.77. The third kappa shape index (κ3) is 3.26. The van der Waals surface area contributed by atoms with Gasteiger partial charge >= 0.3 is 0 Å². The molecule has 0 aliphatic carbocycles. The van der Waals surface area contributed by atoms with E-state index in [1.807, 2.05) is 23.1 Å². The zero-order valence-corrected chi connectivity index (χ0v) is 12.2. The summed E-state index contributed by atoms with van der Waals surface area (Å²) in [5.41, 5.74) is 2.16. The van der Waals surface area contributed by atoms with Crippen LogP contribution in [0.5, 0.6) is 0 Å². The summed E-state index contributed by atoms with van der Waals surface area (Å²) >= 11 is 0. The maximum absolute atomic E-state index is 12.2. The summed E-state index contributed by atoms with van der Waals surface area (Å²) in [6, 6.07) is 8.08. The Bertz CT molecular complexity index is 500. The first-order valence-electron chi connectivity index (χ1n) is 7.57. The van der Waals surface area contributed by atoms with Gasteiger partial charge in [0, 0.05) is 50.8 Å². The van der Waals surface area contributed by atoms with E-state index >= 15 is 0 Å². The van der Waals surface area contributed by atoms with E-state index in [2.05, 4.69) is 11.0 Å². The smallest absolute Gasteiger partial charge is 0.227 e. The highest BCUT2D eigenvalue weighted by atomic mass is 16.5. The molecule has 1 amide bonds. The number of para-hydroxylation sites is 1. The van der Waals surface area contributed by atoms with E-state index in [9.17, 15) is 9.90 Å². The lowest BCUT2D eigenvalue weighted by Gasteiger charge is -2.28. The van der Waals surface area contributed by atoms with Gasteiger partial charge in [-0.3, -0.25) is 9.69 Å². The summed E-state index contributed by atoms with van der Waals surface area (Å²) in [7, 11) is 0. The molecule has 2 saturated heterocycles. The van der Waals surface area contributed by atoms with Gasteiger partial charge in [-0.05, 0) is 11.6 Å². The first kappa shape index (κ1) is 14.5. The average molecular weight is 290 g/mol. The third-order valence-electron chi connectivity index (χ3n) is 4.24. The highest BCUT2D eigenvalue weighted by Gasteiger charge is 2.31. The molecule has 0 bridgehead atoms. The lowest BCUT2D eigenvalue weighted by Crippen LogP contribution is -2.36. The molecule has 2 heterocycles. The Hall–Kier alpha value is -1.43. The molecule has 1 aromatic rings. The number of hydrogen-bond donors (Lipinski definition) is 1. The van der Waals surface area contributed by atoms with Crippen molar-refractivity contribution in [1.82, 2.24) is 4.90 Å². The number of aliphatic hydroxyl groups is 1. The number of hydrogen-bond acceptors (Lipinski definition) is 4. The number of benzene rings is 1. The van der Waals surface area contributed by atoms with Gasteiger partial charge in [-0.15, -0.1) is 0 Å². The van der Waals surface area contributed by atoms with Gasteiger partial charge in [0.2, 0.25) is 5.91 Å². The normalized spacial score (nSPS) is 23.8. The Balaban J connectivity index is 1.77. The second kappa shape index (κ2) is 6.56. The maximum Gasteiger partial charge on any atom is 0.227 e. The molecular formula is C16H22N2O3. The predicted molar refractivity (Wildman–Crippen MR) is 80.1 cm³/mol. The van der Waals surface area contributed by atoms with Crippen LogP contribution in [0.1, 0.15) is 12.0 Å². The van der Waals surface area contributed by atoms with Crippen LogP contribution in [0.3, 0.4) is 0 Å². The molecule has 2 aliphatic heterocycles. The first-order chi connectivity index (χ1) is 10.3. The fraction of sp³-hybridized carbons (Fsp3) is 0.562. The zero-order valence-electron chi connectivity index (χ0n) is 12.2. The van der Waals surface area contributed by atoms with Crippen LogP contribution in [0, 0.1) is 5.92 Å². The minimum atomic E-state index is 0.0638. The molecule has 1 N–H and O–H groups in total. The van der Waals surface area contributed by atoms with Crippen molar-refractivity contribution in [3.8, 4) is 0 Å². The standard InChI is InChI=1S/C16H22N2O3/c19-12-13-9-16(20)18(10-13)15-4-2-1-3-14(15)11-17-5-7-21-8-6-17/h1-4,13,19H,5-12H2. The molecule has 1 aromatic carbocycles. The number of amides is 1. The second-order valence-corrected chi connectivity index (χ2v) is 5.77. The minimum Gasteiger partial charge on any atom is -0.396 e. The molecule has 1 unspecified atom stereocenters. The van der Waals surface area contributed by atoms with Crippen LogP contribution < -0.4 is 4.90 Å². The van der Waals surface area contributed by atoms with E-state index in [-0.39, 0.29) is 18.4 Å². The highest BCUT2D eigenvalue weighted by Crippen LogP contribution is 2.28. The molecule has 3 rings (SSSR count). The summed E-state index contributed by atoms with van der Waals surface area (Å²) in [6.07, 6.45) is 0.447. The van der Waals surface area contributed by atoms with Crippen molar-refractivity contribution in [2.45, 2.75) is 13.0 Å². The molecule has 2 fully saturated rings. The van der Waals surface area contributed by atoms with Crippen molar-refractivity contribution < 1.29 is 14.6 Å². The van der Waals surface area contributed by atoms with E-state index in [0.29, 0.717) is 13.0 Å². The van der Waals surface area contributed by atoms with Crippen molar-refractivity contribution >= 4 is 11.6 Å². The summed E-state index contributed by atoms with van der Waals surface area (Å²) < 4.78 is 5.38. The van der Waals surface area contributed by atoms with Gasteiger partial charge in [-0.2, -0.15) is 0 Å². The number of rotatable bonds is 4. The minimum absolute atomic E-state index is 0.0638. The fourth-order valence-electron chi connectivity index (χ4n) is 3.04. The Morgan fingerprint density at radius 2 is 2.00 bits per heavy atom. The largest absolute Gasteiger partial charge is 0.396 e. The van der Waals surface area contributed by atoms with E-state index in [1.165, 1.54) is 5.56 Å².